The van der Waals surface area contributed by atoms with Gasteiger partial charge in [0, 0.05) is 36.9 Å². The summed E-state index contributed by atoms with van der Waals surface area (Å²) in [5, 5.41) is 0.731. The molecule has 5 nitrogen and oxygen atoms in total. The molecule has 6 heteroatoms. The Morgan fingerprint density at radius 2 is 1.76 bits per heavy atom. The van der Waals surface area contributed by atoms with Gasteiger partial charge in [0.05, 0.1) is 0 Å². The highest BCUT2D eigenvalue weighted by Gasteiger charge is 2.20. The summed E-state index contributed by atoms with van der Waals surface area (Å²) in [6, 6.07) is 7.49. The van der Waals surface area contributed by atoms with Crippen molar-refractivity contribution in [3.8, 4) is 0 Å². The van der Waals surface area contributed by atoms with Gasteiger partial charge in [-0.05, 0) is 24.3 Å². The smallest absolute Gasteiger partial charge is 0.331 e. The lowest BCUT2D eigenvalue weighted by atomic mass is 10.2. The van der Waals surface area contributed by atoms with Crippen LogP contribution in [-0.2, 0) is 0 Å². The molecule has 2 amide bonds. The van der Waals surface area contributed by atoms with E-state index in [1.807, 2.05) is 24.3 Å². The summed E-state index contributed by atoms with van der Waals surface area (Å²) < 4.78 is 0. The minimum Gasteiger partial charge on any atom is -0.368 e. The van der Waals surface area contributed by atoms with Crippen LogP contribution in [0.1, 0.15) is 0 Å². The molecule has 1 heterocycles. The van der Waals surface area contributed by atoms with E-state index in [0.29, 0.717) is 13.1 Å². The van der Waals surface area contributed by atoms with Crippen LogP contribution in [0.3, 0.4) is 0 Å². The van der Waals surface area contributed by atoms with Gasteiger partial charge in [-0.15, -0.1) is 0 Å². The number of rotatable bonds is 1. The average molecular weight is 255 g/mol. The Morgan fingerprint density at radius 3 is 2.29 bits per heavy atom. The van der Waals surface area contributed by atoms with Crippen molar-refractivity contribution in [2.75, 3.05) is 31.1 Å². The Labute approximate surface area is 105 Å². The minimum absolute atomic E-state index is 0.222. The zero-order valence-corrected chi connectivity index (χ0v) is 10.2. The normalized spacial score (nSPS) is 15.9. The topological polar surface area (TPSA) is 61.6 Å². The molecular weight excluding hydrogens is 240 g/mol. The highest BCUT2D eigenvalue weighted by molar-refractivity contribution is 6.30. The van der Waals surface area contributed by atoms with Crippen molar-refractivity contribution in [2.45, 2.75) is 0 Å². The van der Waals surface area contributed by atoms with Gasteiger partial charge in [0.2, 0.25) is 0 Å². The van der Waals surface area contributed by atoms with Gasteiger partial charge in [-0.2, -0.15) is 0 Å². The lowest BCUT2D eigenvalue weighted by Crippen LogP contribution is -2.53. The molecule has 0 bridgehead atoms. The maximum absolute atomic E-state index is 11.3. The second kappa shape index (κ2) is 5.25. The number of piperazine rings is 1. The molecule has 2 rings (SSSR count). The van der Waals surface area contributed by atoms with Gasteiger partial charge in [0.15, 0.2) is 0 Å². The van der Waals surface area contributed by atoms with Crippen LogP contribution < -0.4 is 16.2 Å². The molecule has 0 aromatic heterocycles. The third-order valence-corrected chi connectivity index (χ3v) is 3.13. The van der Waals surface area contributed by atoms with E-state index in [2.05, 4.69) is 10.3 Å². The predicted octanol–water partition coefficient (Wildman–Crippen LogP) is 1.05. The highest BCUT2D eigenvalue weighted by atomic mass is 35.5. The van der Waals surface area contributed by atoms with Crippen molar-refractivity contribution in [1.82, 2.24) is 10.3 Å². The monoisotopic (exact) mass is 254 g/mol. The molecule has 0 atom stereocenters. The van der Waals surface area contributed by atoms with E-state index in [9.17, 15) is 4.79 Å². The summed E-state index contributed by atoms with van der Waals surface area (Å²) >= 11 is 5.84. The number of carbonyl (C=O) groups is 1. The molecule has 1 aliphatic rings. The maximum atomic E-state index is 11.3. The number of carbonyl (C=O) groups excluding carboxylic acids is 1. The number of hydrogen-bond donors (Lipinski definition) is 2. The second-order valence-electron chi connectivity index (χ2n) is 3.90. The SMILES string of the molecule is NNC(=O)N1CCN(c2ccc(Cl)cc2)CC1. The molecule has 0 unspecified atom stereocenters. The highest BCUT2D eigenvalue weighted by Crippen LogP contribution is 2.19. The Balaban J connectivity index is 1.95. The molecule has 1 aliphatic heterocycles. The Kier molecular flexibility index (Phi) is 3.71. The molecule has 0 saturated carbocycles. The van der Waals surface area contributed by atoms with Crippen LogP contribution in [0.15, 0.2) is 24.3 Å². The molecule has 3 N–H and O–H groups in total. The zero-order valence-electron chi connectivity index (χ0n) is 9.40. The quantitative estimate of drug-likeness (QED) is 0.447. The summed E-state index contributed by atoms with van der Waals surface area (Å²) in [6.07, 6.45) is 0. The van der Waals surface area contributed by atoms with Crippen LogP contribution in [0, 0.1) is 0 Å². The van der Waals surface area contributed by atoms with E-state index < -0.39 is 0 Å². The van der Waals surface area contributed by atoms with Crippen LogP contribution in [0.4, 0.5) is 10.5 Å². The first kappa shape index (κ1) is 12.0. The second-order valence-corrected chi connectivity index (χ2v) is 4.34. The number of urea groups is 1. The van der Waals surface area contributed by atoms with E-state index in [4.69, 9.17) is 17.4 Å². The van der Waals surface area contributed by atoms with E-state index in [1.165, 1.54) is 0 Å². The summed E-state index contributed by atoms with van der Waals surface area (Å²) in [4.78, 5) is 15.2. The molecule has 1 saturated heterocycles. The fraction of sp³-hybridized carbons (Fsp3) is 0.364. The van der Waals surface area contributed by atoms with E-state index >= 15 is 0 Å². The first-order valence-electron chi connectivity index (χ1n) is 5.47. The van der Waals surface area contributed by atoms with Crippen LogP contribution in [-0.4, -0.2) is 37.1 Å². The van der Waals surface area contributed by atoms with Crippen molar-refractivity contribution in [3.63, 3.8) is 0 Å². The number of nitrogens with one attached hydrogen (secondary N) is 1. The average Bonchev–Trinajstić information content (AvgIpc) is 2.39. The lowest BCUT2D eigenvalue weighted by molar-refractivity contribution is 0.194. The Hall–Kier alpha value is -1.46. The maximum Gasteiger partial charge on any atom is 0.331 e. The molecule has 1 fully saturated rings. The van der Waals surface area contributed by atoms with Gasteiger partial charge in [0.1, 0.15) is 0 Å². The first-order valence-corrected chi connectivity index (χ1v) is 5.84. The van der Waals surface area contributed by atoms with Crippen molar-refractivity contribution >= 4 is 23.3 Å². The summed E-state index contributed by atoms with van der Waals surface area (Å²) in [6.45, 7) is 2.95. The number of nitrogens with zero attached hydrogens (tertiary/aromatic N) is 2. The largest absolute Gasteiger partial charge is 0.368 e. The summed E-state index contributed by atoms with van der Waals surface area (Å²) in [5.74, 6) is 5.10. The first-order chi connectivity index (χ1) is 8.20. The number of anilines is 1. The van der Waals surface area contributed by atoms with Gasteiger partial charge in [-0.25, -0.2) is 10.6 Å². The minimum atomic E-state index is -0.222. The number of hydrogen-bond acceptors (Lipinski definition) is 3. The Bertz CT molecular complexity index is 387. The number of halogens is 1. The summed E-state index contributed by atoms with van der Waals surface area (Å²) in [5.41, 5.74) is 3.27. The fourth-order valence-corrected chi connectivity index (χ4v) is 2.04. The number of amides is 2. The Morgan fingerprint density at radius 1 is 1.18 bits per heavy atom. The predicted molar refractivity (Wildman–Crippen MR) is 68.0 cm³/mol. The molecule has 0 spiro atoms. The van der Waals surface area contributed by atoms with Gasteiger partial charge in [-0.3, -0.25) is 5.43 Å². The molecule has 0 radical (unpaired) electrons. The van der Waals surface area contributed by atoms with Crippen molar-refractivity contribution in [1.29, 1.82) is 0 Å². The van der Waals surface area contributed by atoms with Gasteiger partial charge >= 0.3 is 6.03 Å². The standard InChI is InChI=1S/C11H15ClN4O/c12-9-1-3-10(4-2-9)15-5-7-16(8-6-15)11(17)14-13/h1-4H,5-8,13H2,(H,14,17). The molecule has 92 valence electrons. The number of benzene rings is 1. The molecule has 1 aromatic carbocycles. The van der Waals surface area contributed by atoms with E-state index in [0.717, 1.165) is 23.8 Å². The fourth-order valence-electron chi connectivity index (χ4n) is 1.91. The third-order valence-electron chi connectivity index (χ3n) is 2.88. The van der Waals surface area contributed by atoms with Gasteiger partial charge < -0.3 is 9.80 Å². The van der Waals surface area contributed by atoms with E-state index in [-0.39, 0.29) is 6.03 Å². The van der Waals surface area contributed by atoms with E-state index in [1.54, 1.807) is 4.90 Å². The van der Waals surface area contributed by atoms with Gasteiger partial charge in [0.25, 0.3) is 0 Å². The van der Waals surface area contributed by atoms with Crippen LogP contribution in [0.25, 0.3) is 0 Å². The van der Waals surface area contributed by atoms with Gasteiger partial charge in [-0.1, -0.05) is 11.6 Å². The van der Waals surface area contributed by atoms with Crippen LogP contribution in [0.5, 0.6) is 0 Å². The lowest BCUT2D eigenvalue weighted by Gasteiger charge is -2.35. The zero-order chi connectivity index (χ0) is 12.3. The number of nitrogens with two attached hydrogens (primary N) is 1. The van der Waals surface area contributed by atoms with Crippen molar-refractivity contribution < 1.29 is 4.79 Å². The molecule has 1 aromatic rings. The van der Waals surface area contributed by atoms with Crippen molar-refractivity contribution in [3.05, 3.63) is 29.3 Å². The van der Waals surface area contributed by atoms with Crippen molar-refractivity contribution in [2.24, 2.45) is 5.84 Å². The molecular formula is C11H15ClN4O. The summed E-state index contributed by atoms with van der Waals surface area (Å²) in [7, 11) is 0. The number of hydrazine groups is 1. The van der Waals surface area contributed by atoms with Crippen LogP contribution in [0.2, 0.25) is 5.02 Å². The van der Waals surface area contributed by atoms with Crippen LogP contribution >= 0.6 is 11.6 Å². The third kappa shape index (κ3) is 2.81. The molecule has 0 aliphatic carbocycles. The molecule has 17 heavy (non-hydrogen) atoms.